The third-order valence-corrected chi connectivity index (χ3v) is 3.14. The molecule has 0 aliphatic heterocycles. The van der Waals surface area contributed by atoms with E-state index in [1.165, 1.54) is 18.4 Å². The van der Waals surface area contributed by atoms with Crippen molar-refractivity contribution in [3.63, 3.8) is 0 Å². The van der Waals surface area contributed by atoms with Crippen LogP contribution < -0.4 is 5.32 Å². The summed E-state index contributed by atoms with van der Waals surface area (Å²) in [5, 5.41) is 13.2. The van der Waals surface area contributed by atoms with Crippen LogP contribution in [0.4, 0.5) is 0 Å². The fraction of sp³-hybridized carbons (Fsp3) is 0.538. The van der Waals surface area contributed by atoms with Crippen molar-refractivity contribution < 1.29 is 5.11 Å². The Morgan fingerprint density at radius 1 is 1.13 bits per heavy atom. The van der Waals surface area contributed by atoms with Crippen molar-refractivity contribution in [1.29, 1.82) is 0 Å². The van der Waals surface area contributed by atoms with Crippen LogP contribution in [-0.4, -0.2) is 17.3 Å². The molecule has 0 heterocycles. The van der Waals surface area contributed by atoms with E-state index >= 15 is 0 Å². The molecular weight excluding hydrogens is 186 g/mol. The first kappa shape index (κ1) is 10.7. The molecule has 0 amide bonds. The van der Waals surface area contributed by atoms with Crippen molar-refractivity contribution in [2.24, 2.45) is 0 Å². The molecule has 0 radical (unpaired) electrons. The monoisotopic (exact) mass is 205 g/mol. The van der Waals surface area contributed by atoms with Gasteiger partial charge >= 0.3 is 0 Å². The molecule has 0 bridgehead atoms. The maximum atomic E-state index is 9.78. The maximum Gasteiger partial charge on any atom is 0.0693 e. The highest BCUT2D eigenvalue weighted by Gasteiger charge is 2.21. The largest absolute Gasteiger partial charge is 0.392 e. The second kappa shape index (κ2) is 5.29. The molecule has 1 fully saturated rings. The second-order valence-corrected chi connectivity index (χ2v) is 4.32. The van der Waals surface area contributed by atoms with Gasteiger partial charge in [-0.25, -0.2) is 0 Å². The van der Waals surface area contributed by atoms with E-state index in [0.29, 0.717) is 6.04 Å². The summed E-state index contributed by atoms with van der Waals surface area (Å²) in [5.74, 6) is 0. The van der Waals surface area contributed by atoms with Crippen LogP contribution >= 0.6 is 0 Å². The predicted octanol–water partition coefficient (Wildman–Crippen LogP) is 2.08. The first-order valence-corrected chi connectivity index (χ1v) is 5.81. The van der Waals surface area contributed by atoms with E-state index < -0.39 is 0 Å². The van der Waals surface area contributed by atoms with Crippen LogP contribution in [0.15, 0.2) is 30.3 Å². The molecule has 2 atom stereocenters. The minimum atomic E-state index is -0.150. The molecule has 15 heavy (non-hydrogen) atoms. The summed E-state index contributed by atoms with van der Waals surface area (Å²) in [7, 11) is 0. The van der Waals surface area contributed by atoms with Gasteiger partial charge in [0.25, 0.3) is 0 Å². The van der Waals surface area contributed by atoms with Crippen molar-refractivity contribution in [3.8, 4) is 0 Å². The van der Waals surface area contributed by atoms with E-state index in [-0.39, 0.29) is 6.10 Å². The van der Waals surface area contributed by atoms with E-state index in [1.807, 2.05) is 18.2 Å². The van der Waals surface area contributed by atoms with Gasteiger partial charge in [-0.05, 0) is 18.4 Å². The van der Waals surface area contributed by atoms with Crippen molar-refractivity contribution in [2.75, 3.05) is 0 Å². The molecule has 2 N–H and O–H groups in total. The van der Waals surface area contributed by atoms with Crippen molar-refractivity contribution in [1.82, 2.24) is 5.32 Å². The van der Waals surface area contributed by atoms with Crippen LogP contribution in [0.2, 0.25) is 0 Å². The van der Waals surface area contributed by atoms with E-state index in [4.69, 9.17) is 0 Å². The highest BCUT2D eigenvalue weighted by molar-refractivity contribution is 5.14. The molecule has 1 aliphatic rings. The molecule has 82 valence electrons. The van der Waals surface area contributed by atoms with Crippen LogP contribution in [-0.2, 0) is 6.54 Å². The lowest BCUT2D eigenvalue weighted by molar-refractivity contribution is 0.0902. The van der Waals surface area contributed by atoms with Gasteiger partial charge in [0, 0.05) is 12.6 Å². The summed E-state index contributed by atoms with van der Waals surface area (Å²) < 4.78 is 0. The Balaban J connectivity index is 1.82. The molecule has 0 saturated heterocycles. The third-order valence-electron chi connectivity index (χ3n) is 3.14. The molecule has 2 rings (SSSR count). The van der Waals surface area contributed by atoms with Crippen LogP contribution in [0.1, 0.15) is 31.2 Å². The number of aliphatic hydroxyl groups is 1. The number of aliphatic hydroxyl groups excluding tert-OH is 1. The van der Waals surface area contributed by atoms with Gasteiger partial charge < -0.3 is 10.4 Å². The smallest absolute Gasteiger partial charge is 0.0693 e. The van der Waals surface area contributed by atoms with Gasteiger partial charge in [-0.3, -0.25) is 0 Å². The van der Waals surface area contributed by atoms with Crippen LogP contribution in [0, 0.1) is 0 Å². The second-order valence-electron chi connectivity index (χ2n) is 4.32. The fourth-order valence-electron chi connectivity index (χ4n) is 2.19. The fourth-order valence-corrected chi connectivity index (χ4v) is 2.19. The number of nitrogens with one attached hydrogen (secondary N) is 1. The zero-order valence-corrected chi connectivity index (χ0v) is 9.02. The van der Waals surface area contributed by atoms with Gasteiger partial charge in [-0.15, -0.1) is 0 Å². The molecule has 0 unspecified atom stereocenters. The summed E-state index contributed by atoms with van der Waals surface area (Å²) >= 11 is 0. The normalized spacial score (nSPS) is 26.5. The first-order chi connectivity index (χ1) is 7.36. The minimum Gasteiger partial charge on any atom is -0.392 e. The summed E-state index contributed by atoms with van der Waals surface area (Å²) in [6.45, 7) is 0.864. The Morgan fingerprint density at radius 3 is 2.60 bits per heavy atom. The highest BCUT2D eigenvalue weighted by Crippen LogP contribution is 2.18. The molecule has 2 heteroatoms. The zero-order valence-electron chi connectivity index (χ0n) is 9.02. The van der Waals surface area contributed by atoms with Gasteiger partial charge in [-0.2, -0.15) is 0 Å². The number of benzene rings is 1. The number of hydrogen-bond donors (Lipinski definition) is 2. The summed E-state index contributed by atoms with van der Waals surface area (Å²) in [5.41, 5.74) is 1.29. The van der Waals surface area contributed by atoms with Crippen molar-refractivity contribution in [2.45, 2.75) is 44.4 Å². The number of hydrogen-bond acceptors (Lipinski definition) is 2. The first-order valence-electron chi connectivity index (χ1n) is 5.81. The van der Waals surface area contributed by atoms with Gasteiger partial charge in [0.2, 0.25) is 0 Å². The molecule has 1 saturated carbocycles. The lowest BCUT2D eigenvalue weighted by Gasteiger charge is -2.28. The quantitative estimate of drug-likeness (QED) is 0.792. The Labute approximate surface area is 91.3 Å². The molecule has 0 spiro atoms. The van der Waals surface area contributed by atoms with Crippen molar-refractivity contribution >= 4 is 0 Å². The topological polar surface area (TPSA) is 32.3 Å². The Hall–Kier alpha value is -0.860. The maximum absolute atomic E-state index is 9.78. The summed E-state index contributed by atoms with van der Waals surface area (Å²) in [6.07, 6.45) is 4.32. The van der Waals surface area contributed by atoms with Gasteiger partial charge in [0.15, 0.2) is 0 Å². The van der Waals surface area contributed by atoms with E-state index in [1.54, 1.807) is 0 Å². The SMILES string of the molecule is O[C@H]1CCCC[C@@H]1NCc1ccccc1. The molecule has 1 aliphatic carbocycles. The molecule has 2 nitrogen and oxygen atoms in total. The third kappa shape index (κ3) is 3.05. The Morgan fingerprint density at radius 2 is 1.87 bits per heavy atom. The Bertz CT molecular complexity index is 286. The van der Waals surface area contributed by atoms with Gasteiger partial charge in [0.05, 0.1) is 6.10 Å². The van der Waals surface area contributed by atoms with E-state index in [0.717, 1.165) is 19.4 Å². The lowest BCUT2D eigenvalue weighted by Crippen LogP contribution is -2.41. The lowest BCUT2D eigenvalue weighted by atomic mass is 9.92. The van der Waals surface area contributed by atoms with Crippen LogP contribution in [0.3, 0.4) is 0 Å². The summed E-state index contributed by atoms with van der Waals surface area (Å²) in [4.78, 5) is 0. The number of rotatable bonds is 3. The standard InChI is InChI=1S/C13H19NO/c15-13-9-5-4-8-12(13)14-10-11-6-2-1-3-7-11/h1-3,6-7,12-15H,4-5,8-10H2/t12-,13-/m0/s1. The van der Waals surface area contributed by atoms with Crippen molar-refractivity contribution in [3.05, 3.63) is 35.9 Å². The van der Waals surface area contributed by atoms with E-state index in [9.17, 15) is 5.11 Å². The molecule has 0 aromatic heterocycles. The Kier molecular flexibility index (Phi) is 3.75. The highest BCUT2D eigenvalue weighted by atomic mass is 16.3. The minimum absolute atomic E-state index is 0.150. The predicted molar refractivity (Wildman–Crippen MR) is 61.5 cm³/mol. The van der Waals surface area contributed by atoms with E-state index in [2.05, 4.69) is 17.4 Å². The molecule has 1 aromatic carbocycles. The molecule has 1 aromatic rings. The molecular formula is C13H19NO. The average Bonchev–Trinajstić information content (AvgIpc) is 2.29. The van der Waals surface area contributed by atoms with Crippen LogP contribution in [0.5, 0.6) is 0 Å². The zero-order chi connectivity index (χ0) is 10.5. The average molecular weight is 205 g/mol. The van der Waals surface area contributed by atoms with Crippen LogP contribution in [0.25, 0.3) is 0 Å². The van der Waals surface area contributed by atoms with Gasteiger partial charge in [-0.1, -0.05) is 43.2 Å². The summed E-state index contributed by atoms with van der Waals surface area (Å²) in [6, 6.07) is 10.6. The van der Waals surface area contributed by atoms with Gasteiger partial charge in [0.1, 0.15) is 0 Å².